The second kappa shape index (κ2) is 8.01. The van der Waals surface area contributed by atoms with E-state index in [1.165, 1.54) is 24.3 Å². The van der Waals surface area contributed by atoms with E-state index in [2.05, 4.69) is 0 Å². The third kappa shape index (κ3) is 3.86. The van der Waals surface area contributed by atoms with Gasteiger partial charge in [-0.05, 0) is 36.8 Å². The van der Waals surface area contributed by atoms with Crippen LogP contribution in [0.5, 0.6) is 5.75 Å². The summed E-state index contributed by atoms with van der Waals surface area (Å²) in [5, 5.41) is 38.5. The van der Waals surface area contributed by atoms with Gasteiger partial charge in [0.05, 0.1) is 29.2 Å². The fourth-order valence-electron chi connectivity index (χ4n) is 3.23. The summed E-state index contributed by atoms with van der Waals surface area (Å²) in [5.74, 6) is -0.862. The van der Waals surface area contributed by atoms with Crippen LogP contribution in [0.3, 0.4) is 0 Å². The van der Waals surface area contributed by atoms with Crippen LogP contribution in [-0.2, 0) is 10.0 Å². The highest BCUT2D eigenvalue weighted by atomic mass is 32.2. The summed E-state index contributed by atoms with van der Waals surface area (Å²) in [6, 6.07) is 11.3. The van der Waals surface area contributed by atoms with Crippen molar-refractivity contribution in [3.8, 4) is 17.9 Å². The van der Waals surface area contributed by atoms with Crippen molar-refractivity contribution in [2.45, 2.75) is 23.5 Å². The second-order valence-corrected chi connectivity index (χ2v) is 8.94. The predicted octanol–water partition coefficient (Wildman–Crippen LogP) is 1.05. The molecule has 1 saturated heterocycles. The Morgan fingerprint density at radius 3 is 2.53 bits per heavy atom. The Morgan fingerprint density at radius 1 is 1.23 bits per heavy atom. The van der Waals surface area contributed by atoms with E-state index in [0.717, 1.165) is 10.4 Å². The summed E-state index contributed by atoms with van der Waals surface area (Å²) in [7, 11) is -4.18. The first-order valence-electron chi connectivity index (χ1n) is 8.85. The molecule has 0 radical (unpaired) electrons. The highest BCUT2D eigenvalue weighted by molar-refractivity contribution is 7.89. The molecule has 0 spiro atoms. The average Bonchev–Trinajstić information content (AvgIpc) is 3.05. The van der Waals surface area contributed by atoms with Crippen molar-refractivity contribution < 1.29 is 27.8 Å². The van der Waals surface area contributed by atoms with E-state index in [0.29, 0.717) is 5.56 Å². The van der Waals surface area contributed by atoms with Crippen LogP contribution in [0.25, 0.3) is 0 Å². The lowest BCUT2D eigenvalue weighted by Gasteiger charge is -2.27. The Kier molecular flexibility index (Phi) is 5.79. The van der Waals surface area contributed by atoms with E-state index in [-0.39, 0.29) is 28.3 Å². The Labute approximate surface area is 173 Å². The number of nitrogens with zero attached hydrogens (tertiary/aromatic N) is 3. The zero-order valence-electron chi connectivity index (χ0n) is 15.9. The number of ether oxygens (including phenoxy) is 1. The number of benzene rings is 2. The average molecular weight is 431 g/mol. The molecule has 30 heavy (non-hydrogen) atoms. The summed E-state index contributed by atoms with van der Waals surface area (Å²) < 4.78 is 46.5. The highest BCUT2D eigenvalue weighted by Crippen LogP contribution is 2.32. The van der Waals surface area contributed by atoms with Gasteiger partial charge >= 0.3 is 0 Å². The lowest BCUT2D eigenvalue weighted by atomic mass is 10.0. The standard InChI is InChI=1S/C20H18FN3O5S/c1-13-2-5-18(15(6-13)9-23)30(27,28)24-10-19(20(26,11-24)12-25)29-16-4-3-14(8-22)17(21)7-16/h2-7,19,25-26H,10-12H2,1H3/t19-,20?/m0/s1. The van der Waals surface area contributed by atoms with Gasteiger partial charge in [0.2, 0.25) is 10.0 Å². The number of aliphatic hydroxyl groups is 2. The van der Waals surface area contributed by atoms with Crippen LogP contribution in [-0.4, -0.2) is 54.3 Å². The van der Waals surface area contributed by atoms with E-state index in [1.54, 1.807) is 19.1 Å². The molecule has 0 aliphatic carbocycles. The van der Waals surface area contributed by atoms with Gasteiger partial charge in [-0.15, -0.1) is 0 Å². The SMILES string of the molecule is Cc1ccc(S(=O)(=O)N2C[C@H](Oc3ccc(C#N)c(F)c3)C(O)(CO)C2)c(C#N)c1. The fourth-order valence-corrected chi connectivity index (χ4v) is 4.85. The van der Waals surface area contributed by atoms with Gasteiger partial charge < -0.3 is 14.9 Å². The fraction of sp³-hybridized carbons (Fsp3) is 0.300. The van der Waals surface area contributed by atoms with Gasteiger partial charge in [0, 0.05) is 12.6 Å². The maximum absolute atomic E-state index is 13.9. The van der Waals surface area contributed by atoms with Crippen molar-refractivity contribution >= 4 is 10.0 Å². The molecule has 2 N–H and O–H groups in total. The van der Waals surface area contributed by atoms with Crippen molar-refractivity contribution in [3.05, 3.63) is 58.9 Å². The molecule has 3 rings (SSSR count). The smallest absolute Gasteiger partial charge is 0.244 e. The van der Waals surface area contributed by atoms with Gasteiger partial charge in [-0.3, -0.25) is 0 Å². The number of sulfonamides is 1. The number of nitriles is 2. The van der Waals surface area contributed by atoms with E-state index < -0.39 is 40.7 Å². The topological polar surface area (TPSA) is 135 Å². The molecule has 0 amide bonds. The van der Waals surface area contributed by atoms with Gasteiger partial charge in [0.25, 0.3) is 0 Å². The minimum Gasteiger partial charge on any atom is -0.486 e. The minimum atomic E-state index is -4.18. The third-order valence-corrected chi connectivity index (χ3v) is 6.78. The van der Waals surface area contributed by atoms with Crippen LogP contribution in [0.4, 0.5) is 4.39 Å². The van der Waals surface area contributed by atoms with Crippen LogP contribution < -0.4 is 4.74 Å². The first kappa shape index (κ1) is 21.7. The van der Waals surface area contributed by atoms with Gasteiger partial charge in [-0.2, -0.15) is 14.8 Å². The van der Waals surface area contributed by atoms with Gasteiger partial charge in [0.15, 0.2) is 0 Å². The molecule has 0 bridgehead atoms. The van der Waals surface area contributed by atoms with E-state index in [9.17, 15) is 28.3 Å². The number of aryl methyl sites for hydroxylation is 1. The molecule has 10 heteroatoms. The molecule has 1 unspecified atom stereocenters. The Bertz CT molecular complexity index is 1170. The molecule has 2 aromatic carbocycles. The normalized spacial score (nSPS) is 21.7. The number of halogens is 1. The van der Waals surface area contributed by atoms with E-state index in [1.807, 2.05) is 6.07 Å². The van der Waals surface area contributed by atoms with Crippen molar-refractivity contribution in [1.29, 1.82) is 10.5 Å². The van der Waals surface area contributed by atoms with Crippen molar-refractivity contribution in [3.63, 3.8) is 0 Å². The molecule has 156 valence electrons. The molecule has 2 aromatic rings. The predicted molar refractivity (Wildman–Crippen MR) is 102 cm³/mol. The van der Waals surface area contributed by atoms with Crippen LogP contribution in [0.2, 0.25) is 0 Å². The lowest BCUT2D eigenvalue weighted by molar-refractivity contribution is -0.0641. The summed E-state index contributed by atoms with van der Waals surface area (Å²) in [6.45, 7) is 0.105. The molecule has 0 saturated carbocycles. The molecular formula is C20H18FN3O5S. The first-order chi connectivity index (χ1) is 14.1. The number of hydrogen-bond acceptors (Lipinski definition) is 7. The minimum absolute atomic E-state index is 0.0318. The largest absolute Gasteiger partial charge is 0.486 e. The molecule has 1 heterocycles. The summed E-state index contributed by atoms with van der Waals surface area (Å²) in [5.41, 5.74) is -1.47. The first-order valence-corrected chi connectivity index (χ1v) is 10.3. The van der Waals surface area contributed by atoms with Gasteiger partial charge in [0.1, 0.15) is 35.4 Å². The summed E-state index contributed by atoms with van der Waals surface area (Å²) in [4.78, 5) is -0.221. The number of hydrogen-bond donors (Lipinski definition) is 2. The van der Waals surface area contributed by atoms with Crippen LogP contribution >= 0.6 is 0 Å². The zero-order chi connectivity index (χ0) is 22.1. The molecular weight excluding hydrogens is 413 g/mol. The summed E-state index contributed by atoms with van der Waals surface area (Å²) in [6.07, 6.45) is -1.21. The van der Waals surface area contributed by atoms with Crippen LogP contribution in [0.15, 0.2) is 41.3 Å². The van der Waals surface area contributed by atoms with E-state index in [4.69, 9.17) is 10.00 Å². The van der Waals surface area contributed by atoms with Crippen LogP contribution in [0, 0.1) is 35.4 Å². The second-order valence-electron chi connectivity index (χ2n) is 7.03. The van der Waals surface area contributed by atoms with Crippen molar-refractivity contribution in [2.24, 2.45) is 0 Å². The van der Waals surface area contributed by atoms with E-state index >= 15 is 0 Å². The monoisotopic (exact) mass is 431 g/mol. The van der Waals surface area contributed by atoms with Gasteiger partial charge in [-0.1, -0.05) is 6.07 Å². The quantitative estimate of drug-likeness (QED) is 0.722. The van der Waals surface area contributed by atoms with Crippen molar-refractivity contribution in [2.75, 3.05) is 19.7 Å². The molecule has 1 aliphatic heterocycles. The number of aliphatic hydroxyl groups excluding tert-OH is 1. The Morgan fingerprint density at radius 2 is 1.93 bits per heavy atom. The van der Waals surface area contributed by atoms with Crippen LogP contribution in [0.1, 0.15) is 16.7 Å². The van der Waals surface area contributed by atoms with Crippen molar-refractivity contribution in [1.82, 2.24) is 4.31 Å². The number of rotatable bonds is 5. The molecule has 1 fully saturated rings. The van der Waals surface area contributed by atoms with Gasteiger partial charge in [-0.25, -0.2) is 12.8 Å². The molecule has 2 atom stereocenters. The lowest BCUT2D eigenvalue weighted by Crippen LogP contribution is -2.48. The molecule has 8 nitrogen and oxygen atoms in total. The maximum Gasteiger partial charge on any atom is 0.244 e. The zero-order valence-corrected chi connectivity index (χ0v) is 16.7. The molecule has 1 aliphatic rings. The Balaban J connectivity index is 1.92. The Hall–Kier alpha value is -3.02. The third-order valence-electron chi connectivity index (χ3n) is 4.91. The number of β-amino-alcohol motifs (C(OH)–C–C–N with tert-alkyl or cyclic N) is 1. The molecule has 0 aromatic heterocycles. The highest BCUT2D eigenvalue weighted by Gasteiger charge is 2.51. The maximum atomic E-state index is 13.9. The summed E-state index contributed by atoms with van der Waals surface area (Å²) >= 11 is 0.